The van der Waals surface area contributed by atoms with Crippen LogP contribution in [0.15, 0.2) is 24.3 Å². The zero-order chi connectivity index (χ0) is 16.1. The van der Waals surface area contributed by atoms with Crippen molar-refractivity contribution in [3.8, 4) is 6.07 Å². The van der Waals surface area contributed by atoms with Crippen LogP contribution in [0.3, 0.4) is 0 Å². The highest BCUT2D eigenvalue weighted by Crippen LogP contribution is 2.34. The Hall–Kier alpha value is -2.03. The van der Waals surface area contributed by atoms with Crippen molar-refractivity contribution < 1.29 is 22.7 Å². The van der Waals surface area contributed by atoms with E-state index in [1.165, 1.54) is 0 Å². The van der Waals surface area contributed by atoms with E-state index in [-0.39, 0.29) is 6.42 Å². The Bertz CT molecular complexity index is 531. The molecule has 0 saturated carbocycles. The van der Waals surface area contributed by atoms with Crippen molar-refractivity contribution in [2.24, 2.45) is 5.41 Å². The lowest BCUT2D eigenvalue weighted by atomic mass is 9.79. The van der Waals surface area contributed by atoms with Crippen molar-refractivity contribution >= 4 is 5.97 Å². The monoisotopic (exact) mass is 299 g/mol. The van der Waals surface area contributed by atoms with Gasteiger partial charge in [-0.1, -0.05) is 29.8 Å². The van der Waals surface area contributed by atoms with Gasteiger partial charge in [-0.3, -0.25) is 4.79 Å². The molecule has 0 aromatic heterocycles. The van der Waals surface area contributed by atoms with Gasteiger partial charge in [0.2, 0.25) is 0 Å². The summed E-state index contributed by atoms with van der Waals surface area (Å²) in [6, 6.07) is 8.66. The summed E-state index contributed by atoms with van der Waals surface area (Å²) in [5, 5.41) is 9.27. The normalized spacial score (nSPS) is 14.1. The molecule has 1 rings (SSSR count). The van der Waals surface area contributed by atoms with Crippen LogP contribution in [0.1, 0.15) is 24.0 Å². The lowest BCUT2D eigenvalue weighted by Gasteiger charge is -2.24. The Morgan fingerprint density at radius 3 is 2.24 bits per heavy atom. The third-order valence-corrected chi connectivity index (χ3v) is 3.25. The summed E-state index contributed by atoms with van der Waals surface area (Å²) in [5.41, 5.74) is -0.219. The molecule has 0 N–H and O–H groups in total. The average Bonchev–Trinajstić information content (AvgIpc) is 2.44. The van der Waals surface area contributed by atoms with Crippen LogP contribution in [-0.4, -0.2) is 19.3 Å². The quantitative estimate of drug-likeness (QED) is 0.781. The number of carbonyl (C=O) groups excluding carboxylic acids is 1. The Kier molecular flexibility index (Phi) is 5.36. The van der Waals surface area contributed by atoms with Gasteiger partial charge in [-0.05, 0) is 18.9 Å². The summed E-state index contributed by atoms with van der Waals surface area (Å²) in [6.07, 6.45) is -6.36. The van der Waals surface area contributed by atoms with E-state index in [2.05, 4.69) is 4.74 Å². The van der Waals surface area contributed by atoms with E-state index in [0.29, 0.717) is 5.56 Å². The minimum absolute atomic E-state index is 0.105. The van der Waals surface area contributed by atoms with Crippen molar-refractivity contribution in [2.45, 2.75) is 32.4 Å². The van der Waals surface area contributed by atoms with Gasteiger partial charge in [0, 0.05) is 12.8 Å². The van der Waals surface area contributed by atoms with E-state index < -0.39 is 30.4 Å². The molecule has 0 heterocycles. The molecule has 0 aliphatic heterocycles. The van der Waals surface area contributed by atoms with Gasteiger partial charge < -0.3 is 4.74 Å². The summed E-state index contributed by atoms with van der Waals surface area (Å²) < 4.78 is 41.8. The first-order valence-electron chi connectivity index (χ1n) is 6.34. The standard InChI is InChI=1S/C15H16F3NO2/c1-11-3-5-12(6-4-11)9-14(10-19,13(20)21-2)7-8-15(16,17)18/h3-6H,7-9H2,1-2H3. The number of hydrogen-bond donors (Lipinski definition) is 0. The van der Waals surface area contributed by atoms with Crippen LogP contribution >= 0.6 is 0 Å². The molecule has 1 atom stereocenters. The fraction of sp³-hybridized carbons (Fsp3) is 0.467. The smallest absolute Gasteiger partial charge is 0.389 e. The van der Waals surface area contributed by atoms with Crippen LogP contribution < -0.4 is 0 Å². The van der Waals surface area contributed by atoms with Gasteiger partial charge in [0.15, 0.2) is 5.41 Å². The summed E-state index contributed by atoms with van der Waals surface area (Å²) in [4.78, 5) is 11.8. The second-order valence-electron chi connectivity index (χ2n) is 4.96. The summed E-state index contributed by atoms with van der Waals surface area (Å²) in [5.74, 6) is -0.935. The maximum absolute atomic E-state index is 12.4. The first-order valence-corrected chi connectivity index (χ1v) is 6.34. The number of aryl methyl sites for hydroxylation is 1. The molecule has 0 radical (unpaired) electrons. The van der Waals surface area contributed by atoms with Crippen LogP contribution in [-0.2, 0) is 16.0 Å². The Morgan fingerprint density at radius 2 is 1.81 bits per heavy atom. The van der Waals surface area contributed by atoms with E-state index in [4.69, 9.17) is 0 Å². The van der Waals surface area contributed by atoms with Crippen LogP contribution in [0, 0.1) is 23.7 Å². The number of ether oxygens (including phenoxy) is 1. The van der Waals surface area contributed by atoms with Crippen LogP contribution in [0.5, 0.6) is 0 Å². The van der Waals surface area contributed by atoms with Crippen molar-refractivity contribution in [3.05, 3.63) is 35.4 Å². The van der Waals surface area contributed by atoms with Crippen molar-refractivity contribution in [1.29, 1.82) is 5.26 Å². The van der Waals surface area contributed by atoms with Gasteiger partial charge in [-0.2, -0.15) is 18.4 Å². The lowest BCUT2D eigenvalue weighted by molar-refractivity contribution is -0.156. The molecule has 1 aromatic rings. The van der Waals surface area contributed by atoms with Gasteiger partial charge in [0.1, 0.15) is 0 Å². The largest absolute Gasteiger partial charge is 0.468 e. The number of carbonyl (C=O) groups is 1. The maximum Gasteiger partial charge on any atom is 0.389 e. The van der Waals surface area contributed by atoms with Gasteiger partial charge in [0.05, 0.1) is 13.2 Å². The fourth-order valence-electron chi connectivity index (χ4n) is 2.01. The zero-order valence-corrected chi connectivity index (χ0v) is 11.8. The molecule has 1 aromatic carbocycles. The molecule has 114 valence electrons. The van der Waals surface area contributed by atoms with Crippen molar-refractivity contribution in [1.82, 2.24) is 0 Å². The molecular formula is C15H16F3NO2. The molecule has 0 amide bonds. The van der Waals surface area contributed by atoms with Gasteiger partial charge >= 0.3 is 12.1 Å². The second-order valence-corrected chi connectivity index (χ2v) is 4.96. The lowest BCUT2D eigenvalue weighted by Crippen LogP contribution is -2.34. The number of esters is 1. The highest BCUT2D eigenvalue weighted by atomic mass is 19.4. The Balaban J connectivity index is 3.03. The minimum atomic E-state index is -4.43. The zero-order valence-electron chi connectivity index (χ0n) is 11.8. The predicted octanol–water partition coefficient (Wildman–Crippen LogP) is 3.56. The summed E-state index contributed by atoms with van der Waals surface area (Å²) in [7, 11) is 1.07. The SMILES string of the molecule is COC(=O)C(C#N)(CCC(F)(F)F)Cc1ccc(C)cc1. The van der Waals surface area contributed by atoms with Gasteiger partial charge in [-0.25, -0.2) is 0 Å². The highest BCUT2D eigenvalue weighted by molar-refractivity contribution is 5.80. The number of nitrogens with zero attached hydrogens (tertiary/aromatic N) is 1. The summed E-state index contributed by atoms with van der Waals surface area (Å²) >= 11 is 0. The maximum atomic E-state index is 12.4. The fourth-order valence-corrected chi connectivity index (χ4v) is 2.01. The molecule has 21 heavy (non-hydrogen) atoms. The molecule has 0 fully saturated rings. The highest BCUT2D eigenvalue weighted by Gasteiger charge is 2.43. The number of halogens is 3. The molecule has 0 aliphatic carbocycles. The number of rotatable bonds is 5. The van der Waals surface area contributed by atoms with Crippen LogP contribution in [0.4, 0.5) is 13.2 Å². The Morgan fingerprint density at radius 1 is 1.24 bits per heavy atom. The molecule has 6 heteroatoms. The average molecular weight is 299 g/mol. The first kappa shape index (κ1) is 17.0. The molecule has 0 saturated heterocycles. The number of nitriles is 1. The third-order valence-electron chi connectivity index (χ3n) is 3.25. The first-order chi connectivity index (χ1) is 9.72. The van der Waals surface area contributed by atoms with Crippen molar-refractivity contribution in [3.63, 3.8) is 0 Å². The van der Waals surface area contributed by atoms with Gasteiger partial charge in [-0.15, -0.1) is 0 Å². The van der Waals surface area contributed by atoms with E-state index in [9.17, 15) is 23.2 Å². The van der Waals surface area contributed by atoms with E-state index >= 15 is 0 Å². The van der Waals surface area contributed by atoms with E-state index in [1.807, 2.05) is 6.92 Å². The van der Waals surface area contributed by atoms with E-state index in [1.54, 1.807) is 30.3 Å². The Labute approximate surface area is 121 Å². The van der Waals surface area contributed by atoms with Gasteiger partial charge in [0.25, 0.3) is 0 Å². The van der Waals surface area contributed by atoms with Crippen LogP contribution in [0.25, 0.3) is 0 Å². The number of methoxy groups -OCH3 is 1. The number of benzene rings is 1. The second kappa shape index (κ2) is 6.61. The minimum Gasteiger partial charge on any atom is -0.468 e. The van der Waals surface area contributed by atoms with Crippen LogP contribution in [0.2, 0.25) is 0 Å². The molecule has 0 bridgehead atoms. The molecule has 3 nitrogen and oxygen atoms in total. The number of hydrogen-bond acceptors (Lipinski definition) is 3. The predicted molar refractivity (Wildman–Crippen MR) is 70.2 cm³/mol. The van der Waals surface area contributed by atoms with Crippen molar-refractivity contribution in [2.75, 3.05) is 7.11 Å². The molecule has 1 unspecified atom stereocenters. The third kappa shape index (κ3) is 4.78. The molecule has 0 spiro atoms. The topological polar surface area (TPSA) is 50.1 Å². The number of alkyl halides is 3. The molecular weight excluding hydrogens is 283 g/mol. The molecule has 0 aliphatic rings. The summed E-state index contributed by atoms with van der Waals surface area (Å²) in [6.45, 7) is 1.87. The van der Waals surface area contributed by atoms with E-state index in [0.717, 1.165) is 12.7 Å².